The maximum Gasteiger partial charge on any atom is 0.200 e. The largest absolute Gasteiger partial charge is 0.390 e. The van der Waals surface area contributed by atoms with Crippen molar-refractivity contribution in [2.45, 2.75) is 25.4 Å². The summed E-state index contributed by atoms with van der Waals surface area (Å²) in [4.78, 5) is 2.14. The SMILES string of the molecule is CC1(O)CCN(c2ccc3nnnn3n2)CC1. The van der Waals surface area contributed by atoms with Gasteiger partial charge in [0.05, 0.1) is 5.60 Å². The fraction of sp³-hybridized carbons (Fsp3) is 0.600. The first-order chi connectivity index (χ1) is 8.14. The van der Waals surface area contributed by atoms with E-state index in [0.717, 1.165) is 31.7 Å². The first-order valence-corrected chi connectivity index (χ1v) is 5.67. The molecule has 1 N–H and O–H groups in total. The van der Waals surface area contributed by atoms with Gasteiger partial charge in [-0.15, -0.1) is 14.8 Å². The van der Waals surface area contributed by atoms with Crippen molar-refractivity contribution in [3.05, 3.63) is 12.1 Å². The zero-order chi connectivity index (χ0) is 11.9. The molecule has 0 amide bonds. The van der Waals surface area contributed by atoms with Crippen LogP contribution < -0.4 is 4.90 Å². The number of piperidine rings is 1. The molecule has 0 radical (unpaired) electrons. The monoisotopic (exact) mass is 234 g/mol. The van der Waals surface area contributed by atoms with Gasteiger partial charge in [-0.3, -0.25) is 0 Å². The third-order valence-corrected chi connectivity index (χ3v) is 3.22. The van der Waals surface area contributed by atoms with Crippen molar-refractivity contribution >= 4 is 11.5 Å². The lowest BCUT2D eigenvalue weighted by molar-refractivity contribution is 0.0350. The van der Waals surface area contributed by atoms with Crippen LogP contribution in [0.25, 0.3) is 5.65 Å². The van der Waals surface area contributed by atoms with Crippen LogP contribution in [0.15, 0.2) is 12.1 Å². The van der Waals surface area contributed by atoms with Crippen molar-refractivity contribution in [3.8, 4) is 0 Å². The number of fused-ring (bicyclic) bond motifs is 1. The van der Waals surface area contributed by atoms with Gasteiger partial charge in [0, 0.05) is 13.1 Å². The molecule has 0 aliphatic carbocycles. The maximum atomic E-state index is 9.89. The van der Waals surface area contributed by atoms with E-state index in [9.17, 15) is 5.11 Å². The predicted octanol–water partition coefficient (Wildman–Crippen LogP) is -0.130. The number of hydrogen-bond donors (Lipinski definition) is 1. The molecule has 2 aromatic heterocycles. The first-order valence-electron chi connectivity index (χ1n) is 5.67. The van der Waals surface area contributed by atoms with E-state index in [1.54, 1.807) is 0 Å². The predicted molar refractivity (Wildman–Crippen MR) is 60.6 cm³/mol. The van der Waals surface area contributed by atoms with Crippen LogP contribution >= 0.6 is 0 Å². The topological polar surface area (TPSA) is 79.4 Å². The molecular weight excluding hydrogens is 220 g/mol. The number of hydrogen-bond acceptors (Lipinski definition) is 6. The molecule has 0 saturated carbocycles. The molecule has 7 heteroatoms. The highest BCUT2D eigenvalue weighted by atomic mass is 16.3. The summed E-state index contributed by atoms with van der Waals surface area (Å²) >= 11 is 0. The standard InChI is InChI=1S/C10H14N6O/c1-10(17)4-6-15(7-5-10)9-3-2-8-11-13-14-16(8)12-9/h2-3,17H,4-7H2,1H3. The van der Waals surface area contributed by atoms with Gasteiger partial charge in [0.2, 0.25) is 0 Å². The van der Waals surface area contributed by atoms with Gasteiger partial charge >= 0.3 is 0 Å². The van der Waals surface area contributed by atoms with Crippen LogP contribution in [0.3, 0.4) is 0 Å². The van der Waals surface area contributed by atoms with Crippen molar-refractivity contribution in [1.29, 1.82) is 0 Å². The smallest absolute Gasteiger partial charge is 0.200 e. The minimum atomic E-state index is -0.546. The molecule has 0 bridgehead atoms. The molecule has 1 saturated heterocycles. The zero-order valence-corrected chi connectivity index (χ0v) is 9.61. The summed E-state index contributed by atoms with van der Waals surface area (Å²) in [7, 11) is 0. The van der Waals surface area contributed by atoms with Crippen molar-refractivity contribution in [2.24, 2.45) is 0 Å². The highest BCUT2D eigenvalue weighted by molar-refractivity contribution is 5.44. The lowest BCUT2D eigenvalue weighted by Gasteiger charge is -2.36. The molecule has 3 rings (SSSR count). The van der Waals surface area contributed by atoms with E-state index in [0.29, 0.717) is 5.65 Å². The van der Waals surface area contributed by atoms with Crippen LogP contribution in [0, 0.1) is 0 Å². The molecule has 1 aliphatic heterocycles. The Labute approximate surface area is 98.0 Å². The minimum absolute atomic E-state index is 0.546. The Kier molecular flexibility index (Phi) is 2.22. The van der Waals surface area contributed by atoms with Gasteiger partial charge in [0.1, 0.15) is 0 Å². The van der Waals surface area contributed by atoms with Crippen molar-refractivity contribution in [3.63, 3.8) is 0 Å². The summed E-state index contributed by atoms with van der Waals surface area (Å²) in [6.45, 7) is 3.48. The number of aliphatic hydroxyl groups is 1. The maximum absolute atomic E-state index is 9.89. The fourth-order valence-electron chi connectivity index (χ4n) is 2.03. The highest BCUT2D eigenvalue weighted by Crippen LogP contribution is 2.24. The van der Waals surface area contributed by atoms with Gasteiger partial charge in [-0.1, -0.05) is 0 Å². The Morgan fingerprint density at radius 1 is 1.29 bits per heavy atom. The van der Waals surface area contributed by atoms with Crippen LogP contribution in [-0.4, -0.2) is 49.1 Å². The van der Waals surface area contributed by atoms with E-state index in [2.05, 4.69) is 25.5 Å². The number of rotatable bonds is 1. The molecule has 1 aliphatic rings. The normalized spacial score (nSPS) is 19.8. The molecule has 7 nitrogen and oxygen atoms in total. The summed E-state index contributed by atoms with van der Waals surface area (Å²) < 4.78 is 1.42. The molecule has 2 aromatic rings. The van der Waals surface area contributed by atoms with E-state index in [1.165, 1.54) is 4.63 Å². The van der Waals surface area contributed by atoms with E-state index in [1.807, 2.05) is 19.1 Å². The molecule has 3 heterocycles. The molecule has 1 fully saturated rings. The van der Waals surface area contributed by atoms with E-state index < -0.39 is 5.60 Å². The van der Waals surface area contributed by atoms with Crippen molar-refractivity contribution < 1.29 is 5.11 Å². The van der Waals surface area contributed by atoms with Gasteiger partial charge in [-0.05, 0) is 42.3 Å². The Balaban J connectivity index is 1.84. The lowest BCUT2D eigenvalue weighted by Crippen LogP contribution is -2.42. The average molecular weight is 234 g/mol. The van der Waals surface area contributed by atoms with Crippen LogP contribution in [-0.2, 0) is 0 Å². The molecule has 0 unspecified atom stereocenters. The van der Waals surface area contributed by atoms with Crippen LogP contribution in [0.4, 0.5) is 5.82 Å². The second kappa shape index (κ2) is 3.63. The van der Waals surface area contributed by atoms with Crippen LogP contribution in [0.1, 0.15) is 19.8 Å². The fourth-order valence-corrected chi connectivity index (χ4v) is 2.03. The van der Waals surface area contributed by atoms with E-state index in [4.69, 9.17) is 0 Å². The van der Waals surface area contributed by atoms with Crippen molar-refractivity contribution in [2.75, 3.05) is 18.0 Å². The lowest BCUT2D eigenvalue weighted by atomic mass is 9.94. The average Bonchev–Trinajstić information content (AvgIpc) is 2.76. The molecule has 17 heavy (non-hydrogen) atoms. The van der Waals surface area contributed by atoms with Gasteiger partial charge < -0.3 is 10.0 Å². The quantitative estimate of drug-likeness (QED) is 0.740. The Morgan fingerprint density at radius 2 is 2.06 bits per heavy atom. The molecular formula is C10H14N6O. The number of anilines is 1. The summed E-state index contributed by atoms with van der Waals surface area (Å²) in [6, 6.07) is 3.75. The minimum Gasteiger partial charge on any atom is -0.390 e. The number of aromatic nitrogens is 5. The highest BCUT2D eigenvalue weighted by Gasteiger charge is 2.28. The number of tetrazole rings is 1. The van der Waals surface area contributed by atoms with Gasteiger partial charge in [0.15, 0.2) is 11.5 Å². The summed E-state index contributed by atoms with van der Waals surface area (Å²) in [5, 5.41) is 25.4. The zero-order valence-electron chi connectivity index (χ0n) is 9.61. The molecule has 0 aromatic carbocycles. The second-order valence-electron chi connectivity index (χ2n) is 4.70. The van der Waals surface area contributed by atoms with Gasteiger partial charge in [-0.25, -0.2) is 0 Å². The first kappa shape index (κ1) is 10.4. The van der Waals surface area contributed by atoms with E-state index >= 15 is 0 Å². The summed E-state index contributed by atoms with van der Waals surface area (Å²) in [6.07, 6.45) is 1.50. The third kappa shape index (κ3) is 1.93. The molecule has 0 spiro atoms. The Hall–Kier alpha value is -1.76. The Bertz CT molecular complexity index is 526. The summed E-state index contributed by atoms with van der Waals surface area (Å²) in [5.74, 6) is 0.848. The second-order valence-corrected chi connectivity index (χ2v) is 4.70. The Morgan fingerprint density at radius 3 is 2.82 bits per heavy atom. The van der Waals surface area contributed by atoms with Crippen molar-refractivity contribution in [1.82, 2.24) is 25.3 Å². The summed E-state index contributed by atoms with van der Waals surface area (Å²) in [5.41, 5.74) is 0.0906. The number of nitrogens with zero attached hydrogens (tertiary/aromatic N) is 6. The van der Waals surface area contributed by atoms with Gasteiger partial charge in [-0.2, -0.15) is 0 Å². The third-order valence-electron chi connectivity index (χ3n) is 3.22. The van der Waals surface area contributed by atoms with Crippen LogP contribution in [0.2, 0.25) is 0 Å². The van der Waals surface area contributed by atoms with Crippen LogP contribution in [0.5, 0.6) is 0 Å². The van der Waals surface area contributed by atoms with Gasteiger partial charge in [0.25, 0.3) is 0 Å². The molecule has 0 atom stereocenters. The molecule has 90 valence electrons. The van der Waals surface area contributed by atoms with E-state index in [-0.39, 0.29) is 0 Å².